The zero-order chi connectivity index (χ0) is 15.6. The number of hydrogen-bond acceptors (Lipinski definition) is 1. The van der Waals surface area contributed by atoms with Gasteiger partial charge in [0.05, 0.1) is 11.3 Å². The molecular formula is C14H8F4INO. The van der Waals surface area contributed by atoms with Crippen LogP contribution in [0.3, 0.4) is 0 Å². The third-order valence-corrected chi connectivity index (χ3v) is 3.37. The second-order valence-corrected chi connectivity index (χ2v) is 5.40. The van der Waals surface area contributed by atoms with Gasteiger partial charge in [0.2, 0.25) is 0 Å². The molecular weight excluding hydrogens is 401 g/mol. The molecule has 2 rings (SSSR count). The summed E-state index contributed by atoms with van der Waals surface area (Å²) in [5, 5.41) is 2.14. The van der Waals surface area contributed by atoms with Crippen LogP contribution in [0.25, 0.3) is 0 Å². The predicted octanol–water partition coefficient (Wildman–Crippen LogP) is 4.70. The number of anilines is 1. The Morgan fingerprint density at radius 1 is 1.05 bits per heavy atom. The largest absolute Gasteiger partial charge is 0.416 e. The molecule has 0 fully saturated rings. The van der Waals surface area contributed by atoms with Crippen molar-refractivity contribution in [3.05, 3.63) is 63.0 Å². The van der Waals surface area contributed by atoms with Crippen LogP contribution < -0.4 is 5.32 Å². The number of rotatable bonds is 2. The van der Waals surface area contributed by atoms with E-state index < -0.39 is 29.2 Å². The maximum atomic E-state index is 13.5. The summed E-state index contributed by atoms with van der Waals surface area (Å²) >= 11 is 2.05. The SMILES string of the molecule is O=C(Nc1cc(C(F)(F)F)ccc1F)c1ccc(I)cc1. The Balaban J connectivity index is 2.26. The molecule has 7 heteroatoms. The maximum absolute atomic E-state index is 13.5. The summed E-state index contributed by atoms with van der Waals surface area (Å²) in [7, 11) is 0. The van der Waals surface area contributed by atoms with Gasteiger partial charge in [0, 0.05) is 9.13 Å². The molecule has 2 aromatic rings. The van der Waals surface area contributed by atoms with Crippen LogP contribution in [0.15, 0.2) is 42.5 Å². The van der Waals surface area contributed by atoms with E-state index in [-0.39, 0.29) is 5.56 Å². The highest BCUT2D eigenvalue weighted by atomic mass is 127. The van der Waals surface area contributed by atoms with E-state index in [9.17, 15) is 22.4 Å². The molecule has 0 aliphatic heterocycles. The summed E-state index contributed by atoms with van der Waals surface area (Å²) in [4.78, 5) is 11.9. The molecule has 0 unspecified atom stereocenters. The summed E-state index contributed by atoms with van der Waals surface area (Å²) in [5.74, 6) is -1.61. The standard InChI is InChI=1S/C14H8F4INO/c15-11-6-3-9(14(16,17)18)7-12(11)20-13(21)8-1-4-10(19)5-2-8/h1-7H,(H,20,21). The van der Waals surface area contributed by atoms with Crippen molar-refractivity contribution >= 4 is 34.2 Å². The first-order valence-corrected chi connectivity index (χ1v) is 6.79. The lowest BCUT2D eigenvalue weighted by Gasteiger charge is -2.11. The number of hydrogen-bond donors (Lipinski definition) is 1. The van der Waals surface area contributed by atoms with Crippen LogP contribution in [-0.4, -0.2) is 5.91 Å². The van der Waals surface area contributed by atoms with Gasteiger partial charge in [0.15, 0.2) is 0 Å². The van der Waals surface area contributed by atoms with E-state index >= 15 is 0 Å². The molecule has 0 bridgehead atoms. The maximum Gasteiger partial charge on any atom is 0.416 e. The van der Waals surface area contributed by atoms with Crippen LogP contribution >= 0.6 is 22.6 Å². The van der Waals surface area contributed by atoms with Crippen molar-refractivity contribution < 1.29 is 22.4 Å². The van der Waals surface area contributed by atoms with Gasteiger partial charge in [-0.25, -0.2) is 4.39 Å². The molecule has 110 valence electrons. The normalized spacial score (nSPS) is 11.3. The highest BCUT2D eigenvalue weighted by Crippen LogP contribution is 2.31. The zero-order valence-electron chi connectivity index (χ0n) is 10.3. The van der Waals surface area contributed by atoms with E-state index in [1.165, 1.54) is 12.1 Å². The van der Waals surface area contributed by atoms with E-state index in [4.69, 9.17) is 0 Å². The van der Waals surface area contributed by atoms with Crippen molar-refractivity contribution in [1.82, 2.24) is 0 Å². The highest BCUT2D eigenvalue weighted by Gasteiger charge is 2.31. The van der Waals surface area contributed by atoms with Gasteiger partial charge in [0.1, 0.15) is 5.82 Å². The second-order valence-electron chi connectivity index (χ2n) is 4.15. The Hall–Kier alpha value is -1.64. The minimum Gasteiger partial charge on any atom is -0.319 e. The smallest absolute Gasteiger partial charge is 0.319 e. The fourth-order valence-corrected chi connectivity index (χ4v) is 1.95. The Kier molecular flexibility index (Phi) is 4.50. The lowest BCUT2D eigenvalue weighted by molar-refractivity contribution is -0.137. The van der Waals surface area contributed by atoms with Gasteiger partial charge < -0.3 is 5.32 Å². The van der Waals surface area contributed by atoms with Gasteiger partial charge >= 0.3 is 6.18 Å². The van der Waals surface area contributed by atoms with E-state index in [0.717, 1.165) is 3.57 Å². The number of benzene rings is 2. The third-order valence-electron chi connectivity index (χ3n) is 2.65. The molecule has 0 radical (unpaired) electrons. The summed E-state index contributed by atoms with van der Waals surface area (Å²) in [6, 6.07) is 8.20. The van der Waals surface area contributed by atoms with Crippen molar-refractivity contribution in [2.45, 2.75) is 6.18 Å². The minimum atomic E-state index is -4.60. The average Bonchev–Trinajstić information content (AvgIpc) is 2.40. The lowest BCUT2D eigenvalue weighted by atomic mass is 10.1. The van der Waals surface area contributed by atoms with Crippen LogP contribution in [0.4, 0.5) is 23.2 Å². The first-order valence-electron chi connectivity index (χ1n) is 5.71. The van der Waals surface area contributed by atoms with Gasteiger partial charge in [-0.2, -0.15) is 13.2 Å². The van der Waals surface area contributed by atoms with Gasteiger partial charge in [-0.1, -0.05) is 0 Å². The van der Waals surface area contributed by atoms with Crippen LogP contribution in [0, 0.1) is 9.39 Å². The summed E-state index contributed by atoms with van der Waals surface area (Å²) in [5.41, 5.74) is -1.30. The van der Waals surface area contributed by atoms with Gasteiger partial charge in [-0.15, -0.1) is 0 Å². The molecule has 0 saturated heterocycles. The highest BCUT2D eigenvalue weighted by molar-refractivity contribution is 14.1. The van der Waals surface area contributed by atoms with E-state index in [1.807, 2.05) is 22.6 Å². The minimum absolute atomic E-state index is 0.229. The number of amides is 1. The molecule has 0 aromatic heterocycles. The van der Waals surface area contributed by atoms with Crippen LogP contribution in [-0.2, 0) is 6.18 Å². The monoisotopic (exact) mass is 409 g/mol. The van der Waals surface area contributed by atoms with E-state index in [2.05, 4.69) is 5.32 Å². The molecule has 2 aromatic carbocycles. The Morgan fingerprint density at radius 3 is 2.24 bits per heavy atom. The van der Waals surface area contributed by atoms with Crippen molar-refractivity contribution in [3.63, 3.8) is 0 Å². The number of halogens is 5. The number of carbonyl (C=O) groups is 1. The van der Waals surface area contributed by atoms with Crippen LogP contribution in [0.1, 0.15) is 15.9 Å². The topological polar surface area (TPSA) is 29.1 Å². The summed E-state index contributed by atoms with van der Waals surface area (Å²) in [6.45, 7) is 0. The number of nitrogens with one attached hydrogen (secondary N) is 1. The third kappa shape index (κ3) is 3.93. The van der Waals surface area contributed by atoms with Crippen LogP contribution in [0.2, 0.25) is 0 Å². The molecule has 0 saturated carbocycles. The zero-order valence-corrected chi connectivity index (χ0v) is 12.5. The summed E-state index contributed by atoms with van der Waals surface area (Å²) in [6.07, 6.45) is -4.60. The van der Waals surface area contributed by atoms with Crippen LogP contribution in [0.5, 0.6) is 0 Å². The molecule has 1 amide bonds. The van der Waals surface area contributed by atoms with Gasteiger partial charge in [0.25, 0.3) is 5.91 Å². The Morgan fingerprint density at radius 2 is 1.67 bits per heavy atom. The molecule has 2 nitrogen and oxygen atoms in total. The van der Waals surface area contributed by atoms with Gasteiger partial charge in [-0.05, 0) is 65.1 Å². The average molecular weight is 409 g/mol. The lowest BCUT2D eigenvalue weighted by Crippen LogP contribution is -2.14. The fraction of sp³-hybridized carbons (Fsp3) is 0.0714. The molecule has 21 heavy (non-hydrogen) atoms. The fourth-order valence-electron chi connectivity index (χ4n) is 1.59. The van der Waals surface area contributed by atoms with Crippen molar-refractivity contribution in [2.75, 3.05) is 5.32 Å². The molecule has 1 N–H and O–H groups in total. The Labute approximate surface area is 131 Å². The molecule has 0 spiro atoms. The van der Waals surface area contributed by atoms with Crippen molar-refractivity contribution in [1.29, 1.82) is 0 Å². The number of carbonyl (C=O) groups excluding carboxylic acids is 1. The molecule has 0 aliphatic rings. The Bertz CT molecular complexity index is 668. The molecule has 0 aliphatic carbocycles. The summed E-state index contributed by atoms with van der Waals surface area (Å²) < 4.78 is 52.1. The molecule has 0 heterocycles. The quantitative estimate of drug-likeness (QED) is 0.566. The first kappa shape index (κ1) is 15.7. The first-order chi connectivity index (χ1) is 9.77. The van der Waals surface area contributed by atoms with Crippen molar-refractivity contribution in [3.8, 4) is 0 Å². The van der Waals surface area contributed by atoms with E-state index in [0.29, 0.717) is 18.2 Å². The van der Waals surface area contributed by atoms with E-state index in [1.54, 1.807) is 12.1 Å². The van der Waals surface area contributed by atoms with Crippen molar-refractivity contribution in [2.24, 2.45) is 0 Å². The molecule has 0 atom stereocenters. The van der Waals surface area contributed by atoms with Gasteiger partial charge in [-0.3, -0.25) is 4.79 Å². The second kappa shape index (κ2) is 6.00. The number of alkyl halides is 3. The predicted molar refractivity (Wildman–Crippen MR) is 78.5 cm³/mol.